The summed E-state index contributed by atoms with van der Waals surface area (Å²) in [5.41, 5.74) is 3.41. The third kappa shape index (κ3) is 6.50. The van der Waals surface area contributed by atoms with Crippen molar-refractivity contribution < 1.29 is 9.47 Å². The SMILES string of the molecule is CCCOc1ccc(CNC(=NC)NCCc2ccc(-n3cccn3)cc2)cc1OC. The molecule has 1 heterocycles. The van der Waals surface area contributed by atoms with Crippen molar-refractivity contribution in [3.8, 4) is 17.2 Å². The Hall–Kier alpha value is -3.48. The summed E-state index contributed by atoms with van der Waals surface area (Å²) in [6.45, 7) is 4.19. The Bertz CT molecular complexity index is 953. The van der Waals surface area contributed by atoms with Gasteiger partial charge < -0.3 is 20.1 Å². The number of hydrogen-bond acceptors (Lipinski definition) is 4. The Balaban J connectivity index is 1.46. The molecule has 0 spiro atoms. The van der Waals surface area contributed by atoms with Crippen LogP contribution in [0.1, 0.15) is 24.5 Å². The zero-order valence-corrected chi connectivity index (χ0v) is 18.5. The van der Waals surface area contributed by atoms with Gasteiger partial charge in [-0.15, -0.1) is 0 Å². The number of aromatic nitrogens is 2. The number of guanidine groups is 1. The topological polar surface area (TPSA) is 72.7 Å². The number of rotatable bonds is 10. The summed E-state index contributed by atoms with van der Waals surface area (Å²) in [6.07, 6.45) is 5.58. The van der Waals surface area contributed by atoms with Crippen LogP contribution in [0.5, 0.6) is 11.5 Å². The molecule has 0 amide bonds. The number of nitrogens with one attached hydrogen (secondary N) is 2. The molecule has 7 heteroatoms. The van der Waals surface area contributed by atoms with Gasteiger partial charge in [0.2, 0.25) is 0 Å². The first-order valence-electron chi connectivity index (χ1n) is 10.6. The summed E-state index contributed by atoms with van der Waals surface area (Å²) in [4.78, 5) is 4.31. The molecule has 3 rings (SSSR count). The van der Waals surface area contributed by atoms with Gasteiger partial charge >= 0.3 is 0 Å². The first kappa shape index (κ1) is 22.2. The molecular weight excluding hydrogens is 390 g/mol. The second-order valence-corrected chi connectivity index (χ2v) is 7.05. The number of aliphatic imine (C=N–C) groups is 1. The quantitative estimate of drug-likeness (QED) is 0.387. The third-order valence-electron chi connectivity index (χ3n) is 4.78. The molecule has 0 atom stereocenters. The molecule has 0 fully saturated rings. The van der Waals surface area contributed by atoms with Gasteiger partial charge in [-0.1, -0.05) is 25.1 Å². The molecule has 0 aliphatic carbocycles. The van der Waals surface area contributed by atoms with Gasteiger partial charge in [-0.2, -0.15) is 5.10 Å². The fraction of sp³-hybridized carbons (Fsp3) is 0.333. The smallest absolute Gasteiger partial charge is 0.191 e. The number of benzene rings is 2. The number of ether oxygens (including phenoxy) is 2. The maximum atomic E-state index is 5.72. The van der Waals surface area contributed by atoms with Crippen molar-refractivity contribution in [2.24, 2.45) is 4.99 Å². The number of nitrogens with zero attached hydrogens (tertiary/aromatic N) is 3. The van der Waals surface area contributed by atoms with Crippen molar-refractivity contribution >= 4 is 5.96 Å². The lowest BCUT2D eigenvalue weighted by molar-refractivity contribution is 0.294. The maximum absolute atomic E-state index is 5.72. The van der Waals surface area contributed by atoms with Crippen LogP contribution in [0.4, 0.5) is 0 Å². The van der Waals surface area contributed by atoms with Gasteiger partial charge in [-0.3, -0.25) is 4.99 Å². The van der Waals surface area contributed by atoms with Crippen molar-refractivity contribution in [1.82, 2.24) is 20.4 Å². The molecule has 2 aromatic carbocycles. The van der Waals surface area contributed by atoms with Crippen LogP contribution < -0.4 is 20.1 Å². The molecular formula is C24H31N5O2. The Morgan fingerprint density at radius 1 is 1.06 bits per heavy atom. The molecule has 7 nitrogen and oxygen atoms in total. The van der Waals surface area contributed by atoms with Crippen molar-refractivity contribution in [3.63, 3.8) is 0 Å². The first-order chi connectivity index (χ1) is 15.2. The maximum Gasteiger partial charge on any atom is 0.191 e. The van der Waals surface area contributed by atoms with E-state index in [0.29, 0.717) is 13.2 Å². The Labute approximate surface area is 184 Å². The summed E-state index contributed by atoms with van der Waals surface area (Å²) in [7, 11) is 3.43. The van der Waals surface area contributed by atoms with Crippen LogP contribution in [0, 0.1) is 0 Å². The predicted molar refractivity (Wildman–Crippen MR) is 124 cm³/mol. The lowest BCUT2D eigenvalue weighted by atomic mass is 10.1. The molecule has 31 heavy (non-hydrogen) atoms. The monoisotopic (exact) mass is 421 g/mol. The van der Waals surface area contributed by atoms with Crippen LogP contribution in [0.2, 0.25) is 0 Å². The molecule has 0 aliphatic heterocycles. The molecule has 0 saturated carbocycles. The lowest BCUT2D eigenvalue weighted by Crippen LogP contribution is -2.37. The largest absolute Gasteiger partial charge is 0.493 e. The number of methoxy groups -OCH3 is 1. The highest BCUT2D eigenvalue weighted by Crippen LogP contribution is 2.28. The van der Waals surface area contributed by atoms with E-state index in [2.05, 4.69) is 51.9 Å². The van der Waals surface area contributed by atoms with E-state index in [4.69, 9.17) is 9.47 Å². The van der Waals surface area contributed by atoms with Crippen LogP contribution in [-0.2, 0) is 13.0 Å². The highest BCUT2D eigenvalue weighted by atomic mass is 16.5. The molecule has 0 saturated heterocycles. The molecule has 0 unspecified atom stereocenters. The van der Waals surface area contributed by atoms with Crippen LogP contribution in [0.3, 0.4) is 0 Å². The van der Waals surface area contributed by atoms with E-state index in [9.17, 15) is 0 Å². The zero-order chi connectivity index (χ0) is 21.9. The summed E-state index contributed by atoms with van der Waals surface area (Å²) in [6, 6.07) is 16.3. The van der Waals surface area contributed by atoms with E-state index in [-0.39, 0.29) is 0 Å². The summed E-state index contributed by atoms with van der Waals surface area (Å²) in [5, 5.41) is 11.0. The second kappa shape index (κ2) is 11.6. The zero-order valence-electron chi connectivity index (χ0n) is 18.5. The first-order valence-corrected chi connectivity index (χ1v) is 10.6. The minimum atomic E-state index is 0.642. The van der Waals surface area contributed by atoms with E-state index in [0.717, 1.165) is 48.1 Å². The summed E-state index contributed by atoms with van der Waals surface area (Å²) >= 11 is 0. The van der Waals surface area contributed by atoms with Crippen LogP contribution in [0.15, 0.2) is 65.9 Å². The average molecular weight is 422 g/mol. The Morgan fingerprint density at radius 2 is 1.87 bits per heavy atom. The Morgan fingerprint density at radius 3 is 2.55 bits per heavy atom. The molecule has 0 aliphatic rings. The van der Waals surface area contributed by atoms with E-state index in [1.807, 2.05) is 35.1 Å². The van der Waals surface area contributed by atoms with Gasteiger partial charge in [0.1, 0.15) is 0 Å². The van der Waals surface area contributed by atoms with E-state index < -0.39 is 0 Å². The van der Waals surface area contributed by atoms with Crippen molar-refractivity contribution in [3.05, 3.63) is 72.1 Å². The van der Waals surface area contributed by atoms with Crippen LogP contribution >= 0.6 is 0 Å². The van der Waals surface area contributed by atoms with Gasteiger partial charge in [0, 0.05) is 32.5 Å². The van der Waals surface area contributed by atoms with E-state index in [1.54, 1.807) is 20.4 Å². The highest BCUT2D eigenvalue weighted by Gasteiger charge is 2.06. The van der Waals surface area contributed by atoms with Crippen molar-refractivity contribution in [2.45, 2.75) is 26.3 Å². The van der Waals surface area contributed by atoms with E-state index >= 15 is 0 Å². The fourth-order valence-corrected chi connectivity index (χ4v) is 3.12. The summed E-state index contributed by atoms with van der Waals surface area (Å²) < 4.78 is 13.0. The van der Waals surface area contributed by atoms with Gasteiger partial charge in [0.15, 0.2) is 17.5 Å². The average Bonchev–Trinajstić information content (AvgIpc) is 3.35. The fourth-order valence-electron chi connectivity index (χ4n) is 3.12. The predicted octanol–water partition coefficient (Wildman–Crippen LogP) is 3.58. The van der Waals surface area contributed by atoms with Gasteiger partial charge in [-0.25, -0.2) is 4.68 Å². The molecule has 1 aromatic heterocycles. The third-order valence-corrected chi connectivity index (χ3v) is 4.78. The van der Waals surface area contributed by atoms with Crippen LogP contribution in [0.25, 0.3) is 5.69 Å². The highest BCUT2D eigenvalue weighted by molar-refractivity contribution is 5.79. The van der Waals surface area contributed by atoms with Crippen molar-refractivity contribution in [1.29, 1.82) is 0 Å². The molecule has 3 aromatic rings. The normalized spacial score (nSPS) is 11.3. The lowest BCUT2D eigenvalue weighted by Gasteiger charge is -2.14. The summed E-state index contributed by atoms with van der Waals surface area (Å²) in [5.74, 6) is 2.28. The molecule has 164 valence electrons. The van der Waals surface area contributed by atoms with Gasteiger partial charge in [0.25, 0.3) is 0 Å². The minimum absolute atomic E-state index is 0.642. The second-order valence-electron chi connectivity index (χ2n) is 7.05. The standard InChI is InChI=1S/C24H31N5O2/c1-4-16-31-22-11-8-20(17-23(22)30-3)18-27-24(25-2)26-14-12-19-6-9-21(10-7-19)29-15-5-13-28-29/h5-11,13,15,17H,4,12,14,16,18H2,1-3H3,(H2,25,26,27). The van der Waals surface area contributed by atoms with Crippen molar-refractivity contribution in [2.75, 3.05) is 27.3 Å². The number of hydrogen-bond donors (Lipinski definition) is 2. The molecule has 0 radical (unpaired) electrons. The Kier molecular flexibility index (Phi) is 8.34. The van der Waals surface area contributed by atoms with E-state index in [1.165, 1.54) is 5.56 Å². The molecule has 0 bridgehead atoms. The minimum Gasteiger partial charge on any atom is -0.493 e. The van der Waals surface area contributed by atoms with Gasteiger partial charge in [0.05, 0.1) is 19.4 Å². The van der Waals surface area contributed by atoms with Gasteiger partial charge in [-0.05, 0) is 54.3 Å². The molecule has 2 N–H and O–H groups in total. The van der Waals surface area contributed by atoms with Crippen LogP contribution in [-0.4, -0.2) is 43.0 Å².